The van der Waals surface area contributed by atoms with Crippen LogP contribution in [0, 0.1) is 0 Å². The van der Waals surface area contributed by atoms with Gasteiger partial charge in [-0.05, 0) is 30.3 Å². The highest BCUT2D eigenvalue weighted by atomic mass is 32.2. The van der Waals surface area contributed by atoms with E-state index in [1.165, 1.54) is 12.1 Å². The van der Waals surface area contributed by atoms with E-state index in [2.05, 4.69) is 0 Å². The maximum absolute atomic E-state index is 10.8. The fraction of sp³-hybridized carbons (Fsp3) is 0.133. The third-order valence-electron chi connectivity index (χ3n) is 2.61. The number of nitrogens with two attached hydrogens (primary N) is 1. The molecule has 0 aliphatic rings. The van der Waals surface area contributed by atoms with E-state index in [4.69, 9.17) is 15.6 Å². The van der Waals surface area contributed by atoms with Crippen molar-refractivity contribution < 1.29 is 14.6 Å². The maximum Gasteiger partial charge on any atom is 0.335 e. The van der Waals surface area contributed by atoms with Gasteiger partial charge in [0.25, 0.3) is 0 Å². The minimum Gasteiger partial charge on any atom is -0.493 e. The van der Waals surface area contributed by atoms with Gasteiger partial charge >= 0.3 is 5.97 Å². The number of nitrogen functional groups attached to an aromatic ring is 1. The van der Waals surface area contributed by atoms with E-state index in [1.807, 2.05) is 24.3 Å². The van der Waals surface area contributed by atoms with Gasteiger partial charge in [0, 0.05) is 16.3 Å². The second-order valence-corrected chi connectivity index (χ2v) is 5.20. The Morgan fingerprint density at radius 1 is 1.20 bits per heavy atom. The predicted molar refractivity (Wildman–Crippen MR) is 80.5 cm³/mol. The molecule has 5 heteroatoms. The number of aromatic carboxylic acids is 1. The number of carboxylic acid groups (broad SMARTS) is 1. The van der Waals surface area contributed by atoms with Crippen LogP contribution in [-0.2, 0) is 0 Å². The highest BCUT2D eigenvalue weighted by Gasteiger charge is 2.04. The molecule has 20 heavy (non-hydrogen) atoms. The summed E-state index contributed by atoms with van der Waals surface area (Å²) >= 11 is 1.61. The van der Waals surface area contributed by atoms with Crippen molar-refractivity contribution in [1.29, 1.82) is 0 Å². The summed E-state index contributed by atoms with van der Waals surface area (Å²) < 4.78 is 5.53. The predicted octanol–water partition coefficient (Wildman–Crippen LogP) is 3.14. The van der Waals surface area contributed by atoms with Crippen LogP contribution in [0.3, 0.4) is 0 Å². The van der Waals surface area contributed by atoms with Crippen molar-refractivity contribution in [3.8, 4) is 5.75 Å². The van der Waals surface area contributed by atoms with Crippen LogP contribution < -0.4 is 10.5 Å². The fourth-order valence-corrected chi connectivity index (χ4v) is 2.44. The zero-order chi connectivity index (χ0) is 14.4. The molecule has 0 saturated carbocycles. The molecule has 0 aromatic heterocycles. The van der Waals surface area contributed by atoms with Gasteiger partial charge in [-0.15, -0.1) is 11.8 Å². The number of thioether (sulfide) groups is 1. The number of carboxylic acids is 1. The van der Waals surface area contributed by atoms with E-state index in [0.29, 0.717) is 12.4 Å². The van der Waals surface area contributed by atoms with Gasteiger partial charge in [0.05, 0.1) is 12.2 Å². The molecule has 0 bridgehead atoms. The molecule has 3 N–H and O–H groups in total. The smallest absolute Gasteiger partial charge is 0.335 e. The van der Waals surface area contributed by atoms with Crippen LogP contribution in [0.2, 0.25) is 0 Å². The van der Waals surface area contributed by atoms with Gasteiger partial charge in [0.1, 0.15) is 5.75 Å². The Morgan fingerprint density at radius 3 is 2.75 bits per heavy atom. The number of carbonyl (C=O) groups is 1. The average molecular weight is 289 g/mol. The van der Waals surface area contributed by atoms with Gasteiger partial charge in [-0.25, -0.2) is 4.79 Å². The fourth-order valence-electron chi connectivity index (χ4n) is 1.64. The SMILES string of the molecule is Nc1ccccc1SCCOc1cccc(C(=O)O)c1. The van der Waals surface area contributed by atoms with E-state index < -0.39 is 5.97 Å². The largest absolute Gasteiger partial charge is 0.493 e. The lowest BCUT2D eigenvalue weighted by molar-refractivity contribution is 0.0696. The first-order valence-corrected chi connectivity index (χ1v) is 7.09. The van der Waals surface area contributed by atoms with E-state index in [9.17, 15) is 4.79 Å². The molecule has 0 fully saturated rings. The first-order valence-electron chi connectivity index (χ1n) is 6.10. The molecular weight excluding hydrogens is 274 g/mol. The Hall–Kier alpha value is -2.14. The number of ether oxygens (including phenoxy) is 1. The van der Waals surface area contributed by atoms with Crippen molar-refractivity contribution in [2.45, 2.75) is 4.90 Å². The van der Waals surface area contributed by atoms with Crippen LogP contribution in [0.4, 0.5) is 5.69 Å². The molecule has 4 nitrogen and oxygen atoms in total. The van der Waals surface area contributed by atoms with Gasteiger partial charge in [0.15, 0.2) is 0 Å². The third kappa shape index (κ3) is 3.93. The summed E-state index contributed by atoms with van der Waals surface area (Å²) in [5.74, 6) is 0.347. The van der Waals surface area contributed by atoms with E-state index in [-0.39, 0.29) is 5.56 Å². The molecule has 0 atom stereocenters. The number of para-hydroxylation sites is 1. The van der Waals surface area contributed by atoms with Crippen LogP contribution in [0.1, 0.15) is 10.4 Å². The molecule has 2 aromatic carbocycles. The Morgan fingerprint density at radius 2 is 2.00 bits per heavy atom. The molecule has 0 saturated heterocycles. The van der Waals surface area contributed by atoms with Gasteiger partial charge in [0.2, 0.25) is 0 Å². The number of rotatable bonds is 6. The number of benzene rings is 2. The standard InChI is InChI=1S/C15H15NO3S/c16-13-6-1-2-7-14(13)20-9-8-19-12-5-3-4-11(10-12)15(17)18/h1-7,10H,8-9,16H2,(H,17,18). The van der Waals surface area contributed by atoms with Crippen molar-refractivity contribution >= 4 is 23.4 Å². The van der Waals surface area contributed by atoms with Crippen LogP contribution in [0.15, 0.2) is 53.4 Å². The lowest BCUT2D eigenvalue weighted by Gasteiger charge is -2.08. The minimum absolute atomic E-state index is 0.224. The molecular formula is C15H15NO3S. The topological polar surface area (TPSA) is 72.5 Å². The monoisotopic (exact) mass is 289 g/mol. The molecule has 0 amide bonds. The van der Waals surface area contributed by atoms with E-state index >= 15 is 0 Å². The van der Waals surface area contributed by atoms with Crippen LogP contribution in [-0.4, -0.2) is 23.4 Å². The van der Waals surface area contributed by atoms with E-state index in [0.717, 1.165) is 16.3 Å². The zero-order valence-corrected chi connectivity index (χ0v) is 11.6. The highest BCUT2D eigenvalue weighted by Crippen LogP contribution is 2.24. The number of hydrogen-bond donors (Lipinski definition) is 2. The molecule has 0 aliphatic heterocycles. The Bertz CT molecular complexity index is 601. The first-order chi connectivity index (χ1) is 9.66. The second kappa shape index (κ2) is 6.86. The summed E-state index contributed by atoms with van der Waals surface area (Å²) in [6, 6.07) is 14.1. The summed E-state index contributed by atoms with van der Waals surface area (Å²) in [4.78, 5) is 11.9. The molecule has 2 rings (SSSR count). The summed E-state index contributed by atoms with van der Waals surface area (Å²) in [7, 11) is 0. The summed E-state index contributed by atoms with van der Waals surface area (Å²) in [5, 5.41) is 8.89. The van der Waals surface area contributed by atoms with Crippen molar-refractivity contribution in [1.82, 2.24) is 0 Å². The average Bonchev–Trinajstić information content (AvgIpc) is 2.45. The molecule has 0 aliphatic carbocycles. The number of hydrogen-bond acceptors (Lipinski definition) is 4. The van der Waals surface area contributed by atoms with Gasteiger partial charge in [-0.3, -0.25) is 0 Å². The maximum atomic E-state index is 10.8. The molecule has 2 aromatic rings. The quantitative estimate of drug-likeness (QED) is 0.485. The Balaban J connectivity index is 1.83. The van der Waals surface area contributed by atoms with Crippen molar-refractivity contribution in [2.24, 2.45) is 0 Å². The number of anilines is 1. The van der Waals surface area contributed by atoms with Crippen molar-refractivity contribution in [2.75, 3.05) is 18.1 Å². The van der Waals surface area contributed by atoms with Crippen molar-refractivity contribution in [3.63, 3.8) is 0 Å². The summed E-state index contributed by atoms with van der Waals surface area (Å²) in [6.07, 6.45) is 0. The second-order valence-electron chi connectivity index (χ2n) is 4.07. The van der Waals surface area contributed by atoms with Crippen LogP contribution >= 0.6 is 11.8 Å². The molecule has 104 valence electrons. The lowest BCUT2D eigenvalue weighted by atomic mass is 10.2. The highest BCUT2D eigenvalue weighted by molar-refractivity contribution is 7.99. The third-order valence-corrected chi connectivity index (χ3v) is 3.66. The molecule has 0 heterocycles. The normalized spacial score (nSPS) is 10.2. The zero-order valence-electron chi connectivity index (χ0n) is 10.8. The molecule has 0 unspecified atom stereocenters. The minimum atomic E-state index is -0.957. The van der Waals surface area contributed by atoms with Crippen LogP contribution in [0.5, 0.6) is 5.75 Å². The van der Waals surface area contributed by atoms with Crippen LogP contribution in [0.25, 0.3) is 0 Å². The summed E-state index contributed by atoms with van der Waals surface area (Å²) in [5.41, 5.74) is 6.82. The lowest BCUT2D eigenvalue weighted by Crippen LogP contribution is -2.02. The first kappa shape index (κ1) is 14.3. The van der Waals surface area contributed by atoms with Gasteiger partial charge < -0.3 is 15.6 Å². The Labute approximate surface area is 121 Å². The Kier molecular flexibility index (Phi) is 4.90. The molecule has 0 radical (unpaired) electrons. The van der Waals surface area contributed by atoms with Crippen molar-refractivity contribution in [3.05, 3.63) is 54.1 Å². The van der Waals surface area contributed by atoms with Gasteiger partial charge in [-0.1, -0.05) is 18.2 Å². The van der Waals surface area contributed by atoms with E-state index in [1.54, 1.807) is 23.9 Å². The summed E-state index contributed by atoms with van der Waals surface area (Å²) in [6.45, 7) is 0.488. The van der Waals surface area contributed by atoms with Gasteiger partial charge in [-0.2, -0.15) is 0 Å². The molecule has 0 spiro atoms.